The minimum Gasteiger partial charge on any atom is -0.351 e. The van der Waals surface area contributed by atoms with Gasteiger partial charge in [0.25, 0.3) is 0 Å². The Morgan fingerprint density at radius 3 is 2.91 bits per heavy atom. The maximum atomic E-state index is 13.2. The highest BCUT2D eigenvalue weighted by molar-refractivity contribution is 5.82. The molecule has 1 fully saturated rings. The maximum Gasteiger partial charge on any atom is 0.225 e. The molecule has 0 radical (unpaired) electrons. The van der Waals surface area contributed by atoms with Gasteiger partial charge in [0, 0.05) is 25.9 Å². The van der Waals surface area contributed by atoms with E-state index < -0.39 is 0 Å². The van der Waals surface area contributed by atoms with Crippen molar-refractivity contribution in [1.29, 1.82) is 0 Å². The quantitative estimate of drug-likeness (QED) is 0.825. The van der Waals surface area contributed by atoms with Crippen molar-refractivity contribution in [3.63, 3.8) is 0 Å². The number of hydrogen-bond acceptors (Lipinski definition) is 3. The van der Waals surface area contributed by atoms with E-state index in [-0.39, 0.29) is 23.7 Å². The van der Waals surface area contributed by atoms with E-state index in [1.807, 2.05) is 19.0 Å². The van der Waals surface area contributed by atoms with E-state index in [0.29, 0.717) is 25.9 Å². The van der Waals surface area contributed by atoms with Crippen LogP contribution in [0.3, 0.4) is 0 Å². The van der Waals surface area contributed by atoms with Crippen molar-refractivity contribution in [3.05, 3.63) is 35.6 Å². The van der Waals surface area contributed by atoms with Gasteiger partial charge in [-0.2, -0.15) is 0 Å². The first-order valence-corrected chi connectivity index (χ1v) is 7.90. The van der Waals surface area contributed by atoms with E-state index in [2.05, 4.69) is 5.32 Å². The average Bonchev–Trinajstić information content (AvgIpc) is 2.78. The lowest BCUT2D eigenvalue weighted by molar-refractivity contribution is -0.128. The molecule has 0 bridgehead atoms. The summed E-state index contributed by atoms with van der Waals surface area (Å²) in [5, 5.41) is 2.92. The van der Waals surface area contributed by atoms with Gasteiger partial charge in [-0.3, -0.25) is 9.59 Å². The van der Waals surface area contributed by atoms with Crippen LogP contribution in [0.25, 0.3) is 0 Å². The van der Waals surface area contributed by atoms with Gasteiger partial charge in [0.05, 0.1) is 6.04 Å². The Hall–Kier alpha value is -1.95. The van der Waals surface area contributed by atoms with Crippen LogP contribution in [0.4, 0.5) is 4.39 Å². The van der Waals surface area contributed by atoms with Gasteiger partial charge in [-0.25, -0.2) is 4.39 Å². The molecule has 1 heterocycles. The molecular weight excluding hydrogens is 297 g/mol. The van der Waals surface area contributed by atoms with Crippen LogP contribution in [0.5, 0.6) is 0 Å². The number of halogens is 1. The van der Waals surface area contributed by atoms with E-state index >= 15 is 0 Å². The number of hydrogen-bond donors (Lipinski definition) is 1. The second-order valence-corrected chi connectivity index (χ2v) is 6.28. The van der Waals surface area contributed by atoms with Gasteiger partial charge >= 0.3 is 0 Å². The maximum absolute atomic E-state index is 13.2. The lowest BCUT2D eigenvalue weighted by atomic mass is 10.2. The molecule has 1 aromatic carbocycles. The van der Waals surface area contributed by atoms with Crippen molar-refractivity contribution < 1.29 is 14.0 Å². The van der Waals surface area contributed by atoms with Crippen LogP contribution in [0.1, 0.15) is 24.8 Å². The Morgan fingerprint density at radius 1 is 1.43 bits per heavy atom. The van der Waals surface area contributed by atoms with Gasteiger partial charge in [0.1, 0.15) is 5.82 Å². The normalized spacial score (nSPS) is 17.8. The monoisotopic (exact) mass is 321 g/mol. The molecule has 1 unspecified atom stereocenters. The number of carbonyl (C=O) groups excluding carboxylic acids is 2. The fourth-order valence-electron chi connectivity index (χ4n) is 2.73. The molecule has 6 heteroatoms. The topological polar surface area (TPSA) is 52.7 Å². The first-order chi connectivity index (χ1) is 10.9. The molecule has 0 aliphatic carbocycles. The van der Waals surface area contributed by atoms with Crippen molar-refractivity contribution in [2.45, 2.75) is 31.8 Å². The minimum atomic E-state index is -0.306. The molecule has 23 heavy (non-hydrogen) atoms. The largest absolute Gasteiger partial charge is 0.351 e. The Morgan fingerprint density at radius 2 is 2.22 bits per heavy atom. The summed E-state index contributed by atoms with van der Waals surface area (Å²) >= 11 is 0. The summed E-state index contributed by atoms with van der Waals surface area (Å²) in [5.41, 5.74) is 0.760. The highest BCUT2D eigenvalue weighted by Gasteiger charge is 2.30. The summed E-state index contributed by atoms with van der Waals surface area (Å²) in [6.07, 6.45) is 1.58. The molecule has 126 valence electrons. The summed E-state index contributed by atoms with van der Waals surface area (Å²) < 4.78 is 13.2. The average molecular weight is 321 g/mol. The molecule has 2 amide bonds. The number of benzene rings is 1. The second-order valence-electron chi connectivity index (χ2n) is 6.28. The van der Waals surface area contributed by atoms with Gasteiger partial charge in [-0.15, -0.1) is 0 Å². The third-order valence-corrected chi connectivity index (χ3v) is 3.85. The SMILES string of the molecule is CN(C)CCCC(=O)NC1CC(=O)N(Cc2cccc(F)c2)C1. The smallest absolute Gasteiger partial charge is 0.225 e. The highest BCUT2D eigenvalue weighted by Crippen LogP contribution is 2.16. The number of amides is 2. The first-order valence-electron chi connectivity index (χ1n) is 7.90. The molecule has 1 aliphatic heterocycles. The lowest BCUT2D eigenvalue weighted by Gasteiger charge is -2.17. The number of likely N-dealkylation sites (tertiary alicyclic amines) is 1. The summed E-state index contributed by atoms with van der Waals surface area (Å²) in [5.74, 6) is -0.329. The Balaban J connectivity index is 1.79. The fraction of sp³-hybridized carbons (Fsp3) is 0.529. The molecule has 0 spiro atoms. The van der Waals surface area contributed by atoms with Crippen LogP contribution in [0, 0.1) is 5.82 Å². The predicted octanol–water partition coefficient (Wildman–Crippen LogP) is 1.38. The van der Waals surface area contributed by atoms with Crippen molar-refractivity contribution in [3.8, 4) is 0 Å². The number of nitrogens with zero attached hydrogens (tertiary/aromatic N) is 2. The van der Waals surface area contributed by atoms with Crippen LogP contribution in [-0.4, -0.2) is 54.8 Å². The third-order valence-electron chi connectivity index (χ3n) is 3.85. The molecule has 2 rings (SSSR count). The predicted molar refractivity (Wildman–Crippen MR) is 86.2 cm³/mol. The molecule has 0 saturated carbocycles. The van der Waals surface area contributed by atoms with Crippen molar-refractivity contribution in [1.82, 2.24) is 15.1 Å². The molecule has 1 saturated heterocycles. The van der Waals surface area contributed by atoms with E-state index in [0.717, 1.165) is 18.5 Å². The standard InChI is InChI=1S/C17H24FN3O2/c1-20(2)8-4-7-16(22)19-15-10-17(23)21(12-15)11-13-5-3-6-14(18)9-13/h3,5-6,9,15H,4,7-8,10-12H2,1-2H3,(H,19,22). The van der Waals surface area contributed by atoms with Crippen LogP contribution >= 0.6 is 0 Å². The number of rotatable bonds is 7. The zero-order chi connectivity index (χ0) is 16.8. The van der Waals surface area contributed by atoms with E-state index in [1.165, 1.54) is 12.1 Å². The number of carbonyl (C=O) groups is 2. The Labute approximate surface area is 136 Å². The summed E-state index contributed by atoms with van der Waals surface area (Å²) in [4.78, 5) is 27.6. The third kappa shape index (κ3) is 5.63. The van der Waals surface area contributed by atoms with Crippen LogP contribution in [0.2, 0.25) is 0 Å². The molecule has 1 aliphatic rings. The van der Waals surface area contributed by atoms with Crippen LogP contribution in [0.15, 0.2) is 24.3 Å². The van der Waals surface area contributed by atoms with E-state index in [4.69, 9.17) is 0 Å². The summed E-state index contributed by atoms with van der Waals surface area (Å²) in [6, 6.07) is 6.09. The lowest BCUT2D eigenvalue weighted by Crippen LogP contribution is -2.37. The van der Waals surface area contributed by atoms with Gasteiger partial charge in [0.15, 0.2) is 0 Å². The van der Waals surface area contributed by atoms with Crippen molar-refractivity contribution in [2.75, 3.05) is 27.2 Å². The zero-order valence-electron chi connectivity index (χ0n) is 13.7. The van der Waals surface area contributed by atoms with Crippen molar-refractivity contribution in [2.24, 2.45) is 0 Å². The van der Waals surface area contributed by atoms with Crippen LogP contribution in [-0.2, 0) is 16.1 Å². The van der Waals surface area contributed by atoms with E-state index in [1.54, 1.807) is 17.0 Å². The Bertz CT molecular complexity index is 563. The molecule has 5 nitrogen and oxygen atoms in total. The molecule has 1 atom stereocenters. The van der Waals surface area contributed by atoms with Crippen molar-refractivity contribution >= 4 is 11.8 Å². The zero-order valence-corrected chi connectivity index (χ0v) is 13.7. The molecular formula is C17H24FN3O2. The summed E-state index contributed by atoms with van der Waals surface area (Å²) in [7, 11) is 3.94. The Kier molecular flexibility index (Phi) is 6.10. The van der Waals surface area contributed by atoms with Gasteiger partial charge in [0.2, 0.25) is 11.8 Å². The van der Waals surface area contributed by atoms with Gasteiger partial charge < -0.3 is 15.1 Å². The summed E-state index contributed by atoms with van der Waals surface area (Å²) in [6.45, 7) is 1.72. The van der Waals surface area contributed by atoms with Gasteiger partial charge in [-0.05, 0) is 44.8 Å². The minimum absolute atomic E-state index is 0.00662. The second kappa shape index (κ2) is 8.06. The molecule has 1 N–H and O–H groups in total. The van der Waals surface area contributed by atoms with E-state index in [9.17, 15) is 14.0 Å². The van der Waals surface area contributed by atoms with Gasteiger partial charge in [-0.1, -0.05) is 12.1 Å². The highest BCUT2D eigenvalue weighted by atomic mass is 19.1. The first kappa shape index (κ1) is 17.4. The molecule has 0 aromatic heterocycles. The van der Waals surface area contributed by atoms with Crippen LogP contribution < -0.4 is 5.32 Å². The molecule has 1 aromatic rings. The number of nitrogens with one attached hydrogen (secondary N) is 1. The fourth-order valence-corrected chi connectivity index (χ4v) is 2.73.